The zero-order valence-electron chi connectivity index (χ0n) is 15.3. The molecule has 136 valence electrons. The van der Waals surface area contributed by atoms with Crippen LogP contribution in [0.3, 0.4) is 0 Å². The molecule has 4 nitrogen and oxygen atoms in total. The number of hydrogen-bond acceptors (Lipinski definition) is 3. The van der Waals surface area contributed by atoms with Gasteiger partial charge in [-0.3, -0.25) is 10.1 Å². The predicted molar refractivity (Wildman–Crippen MR) is 108 cm³/mol. The first-order valence-corrected chi connectivity index (χ1v) is 9.15. The van der Waals surface area contributed by atoms with Crippen molar-refractivity contribution >= 4 is 11.6 Å². The Labute approximate surface area is 159 Å². The quantitative estimate of drug-likeness (QED) is 0.703. The Morgan fingerprint density at radius 1 is 0.889 bits per heavy atom. The van der Waals surface area contributed by atoms with Gasteiger partial charge in [-0.2, -0.15) is 0 Å². The van der Waals surface area contributed by atoms with Crippen LogP contribution in [-0.4, -0.2) is 17.0 Å². The molecule has 1 amide bonds. The van der Waals surface area contributed by atoms with Gasteiger partial charge in [-0.15, -0.1) is 0 Å². The Hall–Kier alpha value is -3.11. The largest absolute Gasteiger partial charge is 0.399 e. The van der Waals surface area contributed by atoms with Crippen LogP contribution in [0.2, 0.25) is 0 Å². The van der Waals surface area contributed by atoms with E-state index in [4.69, 9.17) is 5.73 Å². The number of nitrogen functional groups attached to an aromatic ring is 1. The van der Waals surface area contributed by atoms with E-state index >= 15 is 0 Å². The summed E-state index contributed by atoms with van der Waals surface area (Å²) in [4.78, 5) is 15.6. The van der Waals surface area contributed by atoms with Crippen molar-refractivity contribution in [2.75, 3.05) is 5.73 Å². The van der Waals surface area contributed by atoms with Gasteiger partial charge in [0.1, 0.15) is 0 Å². The lowest BCUT2D eigenvalue weighted by atomic mass is 9.82. The summed E-state index contributed by atoms with van der Waals surface area (Å²) in [5.74, 6) is 0.0595. The standard InChI is InChI=1S/C23H23N3O/c1-17-25-23(19-8-4-2-5-9-19,20-10-6-3-7-11-20)22(27)26(17)16-18-12-14-21(24)15-13-18/h2-15,17,25H,16,24H2,1H3. The number of carbonyl (C=O) groups is 1. The second-order valence-corrected chi connectivity index (χ2v) is 6.98. The molecule has 1 aliphatic heterocycles. The van der Waals surface area contributed by atoms with Gasteiger partial charge < -0.3 is 10.6 Å². The van der Waals surface area contributed by atoms with E-state index in [1.807, 2.05) is 96.8 Å². The predicted octanol–water partition coefficient (Wildman–Crippen LogP) is 3.49. The van der Waals surface area contributed by atoms with E-state index in [-0.39, 0.29) is 12.1 Å². The number of anilines is 1. The lowest BCUT2D eigenvalue weighted by Gasteiger charge is -2.29. The molecule has 1 saturated heterocycles. The molecule has 0 aromatic heterocycles. The number of nitrogens with one attached hydrogen (secondary N) is 1. The Bertz CT molecular complexity index is 883. The van der Waals surface area contributed by atoms with Crippen molar-refractivity contribution < 1.29 is 4.79 Å². The number of nitrogens with zero attached hydrogens (tertiary/aromatic N) is 1. The first kappa shape index (κ1) is 17.3. The topological polar surface area (TPSA) is 58.4 Å². The van der Waals surface area contributed by atoms with Crippen molar-refractivity contribution in [3.8, 4) is 0 Å². The Morgan fingerprint density at radius 3 is 1.93 bits per heavy atom. The first-order valence-electron chi connectivity index (χ1n) is 9.15. The molecule has 0 aliphatic carbocycles. The normalized spacial score (nSPS) is 18.6. The highest BCUT2D eigenvalue weighted by atomic mass is 16.2. The number of carbonyl (C=O) groups excluding carboxylic acids is 1. The van der Waals surface area contributed by atoms with Gasteiger partial charge in [-0.1, -0.05) is 72.8 Å². The summed E-state index contributed by atoms with van der Waals surface area (Å²) in [5, 5.41) is 3.58. The third kappa shape index (κ3) is 2.98. The summed E-state index contributed by atoms with van der Waals surface area (Å²) in [7, 11) is 0. The highest BCUT2D eigenvalue weighted by Gasteiger charge is 2.52. The van der Waals surface area contributed by atoms with Gasteiger partial charge in [0.2, 0.25) is 0 Å². The molecule has 0 bridgehead atoms. The molecule has 4 heteroatoms. The van der Waals surface area contributed by atoms with Crippen molar-refractivity contribution in [3.05, 3.63) is 102 Å². The van der Waals surface area contributed by atoms with Gasteiger partial charge in [0.05, 0.1) is 6.17 Å². The van der Waals surface area contributed by atoms with Crippen LogP contribution in [0.1, 0.15) is 23.6 Å². The molecule has 1 atom stereocenters. The molecule has 1 heterocycles. The molecular formula is C23H23N3O. The van der Waals surface area contributed by atoms with Crippen molar-refractivity contribution in [3.63, 3.8) is 0 Å². The zero-order chi connectivity index (χ0) is 18.9. The number of hydrogen-bond donors (Lipinski definition) is 2. The summed E-state index contributed by atoms with van der Waals surface area (Å²) < 4.78 is 0. The van der Waals surface area contributed by atoms with Gasteiger partial charge >= 0.3 is 0 Å². The highest BCUT2D eigenvalue weighted by molar-refractivity contribution is 5.93. The second kappa shape index (κ2) is 6.89. The van der Waals surface area contributed by atoms with Crippen molar-refractivity contribution in [2.24, 2.45) is 0 Å². The van der Waals surface area contributed by atoms with Gasteiger partial charge in [0.15, 0.2) is 5.54 Å². The SMILES string of the molecule is CC1NC(c2ccccc2)(c2ccccc2)C(=O)N1Cc1ccc(N)cc1. The number of nitrogens with two attached hydrogens (primary N) is 1. The summed E-state index contributed by atoms with van der Waals surface area (Å²) in [6, 6.07) is 27.6. The van der Waals surface area contributed by atoms with E-state index in [2.05, 4.69) is 5.32 Å². The van der Waals surface area contributed by atoms with E-state index < -0.39 is 5.54 Å². The Morgan fingerprint density at radius 2 is 1.41 bits per heavy atom. The molecule has 3 N–H and O–H groups in total. The van der Waals surface area contributed by atoms with Crippen molar-refractivity contribution in [1.82, 2.24) is 10.2 Å². The Balaban J connectivity index is 1.77. The van der Waals surface area contributed by atoms with Gasteiger partial charge in [-0.05, 0) is 35.7 Å². The maximum atomic E-state index is 13.7. The van der Waals surface area contributed by atoms with Crippen LogP contribution < -0.4 is 11.1 Å². The molecule has 0 saturated carbocycles. The van der Waals surface area contributed by atoms with Crippen molar-refractivity contribution in [2.45, 2.75) is 25.2 Å². The molecule has 27 heavy (non-hydrogen) atoms. The van der Waals surface area contributed by atoms with Crippen LogP contribution in [0.4, 0.5) is 5.69 Å². The van der Waals surface area contributed by atoms with E-state index in [1.165, 1.54) is 0 Å². The smallest absolute Gasteiger partial charge is 0.253 e. The Kier molecular flexibility index (Phi) is 4.42. The molecule has 3 aromatic rings. The molecule has 1 fully saturated rings. The van der Waals surface area contributed by atoms with Crippen LogP contribution in [0.5, 0.6) is 0 Å². The molecule has 4 rings (SSSR count). The van der Waals surface area contributed by atoms with E-state index in [0.717, 1.165) is 22.4 Å². The third-order valence-corrected chi connectivity index (χ3v) is 5.22. The van der Waals surface area contributed by atoms with Crippen LogP contribution in [0.25, 0.3) is 0 Å². The summed E-state index contributed by atoms with van der Waals surface area (Å²) in [5.41, 5.74) is 8.60. The van der Waals surface area contributed by atoms with E-state index in [0.29, 0.717) is 6.54 Å². The second-order valence-electron chi connectivity index (χ2n) is 6.98. The summed E-state index contributed by atoms with van der Waals surface area (Å²) >= 11 is 0. The number of benzene rings is 3. The molecule has 1 aliphatic rings. The fourth-order valence-corrected chi connectivity index (χ4v) is 3.83. The van der Waals surface area contributed by atoms with Crippen LogP contribution in [0, 0.1) is 0 Å². The van der Waals surface area contributed by atoms with Crippen molar-refractivity contribution in [1.29, 1.82) is 0 Å². The molecule has 0 spiro atoms. The third-order valence-electron chi connectivity index (χ3n) is 5.22. The summed E-state index contributed by atoms with van der Waals surface area (Å²) in [6.45, 7) is 2.57. The van der Waals surface area contributed by atoms with Gasteiger partial charge in [-0.25, -0.2) is 0 Å². The fourth-order valence-electron chi connectivity index (χ4n) is 3.83. The van der Waals surface area contributed by atoms with Gasteiger partial charge in [0.25, 0.3) is 5.91 Å². The van der Waals surface area contributed by atoms with E-state index in [9.17, 15) is 4.79 Å². The lowest BCUT2D eigenvalue weighted by molar-refractivity contribution is -0.132. The maximum Gasteiger partial charge on any atom is 0.253 e. The average Bonchev–Trinajstić information content (AvgIpc) is 2.96. The monoisotopic (exact) mass is 357 g/mol. The molecule has 3 aromatic carbocycles. The minimum absolute atomic E-state index is 0.0595. The minimum Gasteiger partial charge on any atom is -0.399 e. The van der Waals surface area contributed by atoms with Crippen LogP contribution in [-0.2, 0) is 16.9 Å². The summed E-state index contributed by atoms with van der Waals surface area (Å²) in [6.07, 6.45) is -0.101. The highest BCUT2D eigenvalue weighted by Crippen LogP contribution is 2.37. The van der Waals surface area contributed by atoms with Gasteiger partial charge in [0, 0.05) is 12.2 Å². The molecular weight excluding hydrogens is 334 g/mol. The van der Waals surface area contributed by atoms with E-state index in [1.54, 1.807) is 0 Å². The fraction of sp³-hybridized carbons (Fsp3) is 0.174. The first-order chi connectivity index (χ1) is 13.1. The minimum atomic E-state index is -0.879. The number of rotatable bonds is 4. The van der Waals surface area contributed by atoms with Crippen LogP contribution >= 0.6 is 0 Å². The average molecular weight is 357 g/mol. The zero-order valence-corrected chi connectivity index (χ0v) is 15.3. The molecule has 0 radical (unpaired) electrons. The number of amides is 1. The maximum absolute atomic E-state index is 13.7. The molecule has 1 unspecified atom stereocenters. The lowest BCUT2D eigenvalue weighted by Crippen LogP contribution is -2.45. The van der Waals surface area contributed by atoms with Crippen LogP contribution in [0.15, 0.2) is 84.9 Å².